The molecule has 0 saturated carbocycles. The number of nitro benzene ring substituents is 1. The number of non-ortho nitro benzene ring substituents is 1. The average Bonchev–Trinajstić information content (AvgIpc) is 2.72. The van der Waals surface area contributed by atoms with E-state index in [2.05, 4.69) is 21.1 Å². The van der Waals surface area contributed by atoms with Crippen LogP contribution in [0.3, 0.4) is 0 Å². The van der Waals surface area contributed by atoms with Crippen molar-refractivity contribution in [1.82, 2.24) is 0 Å². The number of halogens is 2. The van der Waals surface area contributed by atoms with Gasteiger partial charge in [-0.3, -0.25) is 10.1 Å². The smallest absolute Gasteiger partial charge is 0.269 e. The molecule has 148 valence electrons. The zero-order valence-corrected chi connectivity index (χ0v) is 17.5. The lowest BCUT2D eigenvalue weighted by Gasteiger charge is -2.09. The molecule has 0 radical (unpaired) electrons. The lowest BCUT2D eigenvalue weighted by Crippen LogP contribution is -1.96. The van der Waals surface area contributed by atoms with Crippen molar-refractivity contribution in [3.05, 3.63) is 103 Å². The molecular weight excluding hydrogens is 460 g/mol. The van der Waals surface area contributed by atoms with Crippen molar-refractivity contribution < 1.29 is 14.5 Å². The Balaban J connectivity index is 1.53. The highest BCUT2D eigenvalue weighted by Crippen LogP contribution is 2.26. The molecule has 3 aromatic rings. The fourth-order valence-corrected chi connectivity index (χ4v) is 3.06. The Bertz CT molecular complexity index is 1030. The van der Waals surface area contributed by atoms with Crippen LogP contribution in [-0.4, -0.2) is 11.1 Å². The van der Waals surface area contributed by atoms with Crippen molar-refractivity contribution in [2.45, 2.75) is 13.2 Å². The Hall–Kier alpha value is -2.90. The van der Waals surface area contributed by atoms with E-state index in [0.29, 0.717) is 22.9 Å². The number of benzene rings is 3. The van der Waals surface area contributed by atoms with Crippen LogP contribution < -0.4 is 4.74 Å². The molecule has 3 rings (SSSR count). The Labute approximate surface area is 181 Å². The molecule has 8 heteroatoms. The van der Waals surface area contributed by atoms with E-state index in [1.807, 2.05) is 42.5 Å². The van der Waals surface area contributed by atoms with Gasteiger partial charge in [0, 0.05) is 17.2 Å². The van der Waals surface area contributed by atoms with E-state index in [9.17, 15) is 10.1 Å². The maximum Gasteiger partial charge on any atom is 0.269 e. The summed E-state index contributed by atoms with van der Waals surface area (Å²) in [5, 5.41) is 15.4. The molecule has 0 heterocycles. The molecule has 0 atom stereocenters. The number of rotatable bonds is 8. The van der Waals surface area contributed by atoms with Crippen LogP contribution in [0.25, 0.3) is 0 Å². The summed E-state index contributed by atoms with van der Waals surface area (Å²) in [7, 11) is 0. The summed E-state index contributed by atoms with van der Waals surface area (Å²) >= 11 is 9.37. The number of nitro groups is 1. The molecule has 0 amide bonds. The van der Waals surface area contributed by atoms with E-state index in [4.69, 9.17) is 21.2 Å². The van der Waals surface area contributed by atoms with Crippen LogP contribution in [0.1, 0.15) is 16.7 Å². The molecule has 0 aliphatic heterocycles. The lowest BCUT2D eigenvalue weighted by atomic mass is 10.2. The third kappa shape index (κ3) is 6.30. The van der Waals surface area contributed by atoms with E-state index >= 15 is 0 Å². The van der Waals surface area contributed by atoms with Crippen LogP contribution in [0.2, 0.25) is 5.02 Å². The average molecular weight is 476 g/mol. The summed E-state index contributed by atoms with van der Waals surface area (Å²) in [5.41, 5.74) is 2.52. The predicted molar refractivity (Wildman–Crippen MR) is 115 cm³/mol. The number of hydrogen-bond donors (Lipinski definition) is 0. The van der Waals surface area contributed by atoms with Crippen molar-refractivity contribution in [3.63, 3.8) is 0 Å². The molecular formula is C21H16BrClN2O4. The highest BCUT2D eigenvalue weighted by Gasteiger charge is 2.06. The molecule has 0 unspecified atom stereocenters. The van der Waals surface area contributed by atoms with Gasteiger partial charge in [0.25, 0.3) is 5.69 Å². The standard InChI is InChI=1S/C21H16BrClN2O4/c22-20-11-16(6-9-21(20)28-13-15-4-7-18(23)8-5-15)12-24-29-14-17-2-1-3-19(10-17)25(26)27/h1-12H,13-14H2/b24-12-. The fourth-order valence-electron chi connectivity index (χ4n) is 2.43. The zero-order valence-electron chi connectivity index (χ0n) is 15.1. The molecule has 0 aliphatic carbocycles. The number of oxime groups is 1. The predicted octanol–water partition coefficient (Wildman–Crippen LogP) is 6.14. The van der Waals surface area contributed by atoms with E-state index in [0.717, 1.165) is 15.6 Å². The number of nitrogens with zero attached hydrogens (tertiary/aromatic N) is 2. The van der Waals surface area contributed by atoms with Crippen LogP contribution in [-0.2, 0) is 18.1 Å². The van der Waals surface area contributed by atoms with E-state index < -0.39 is 4.92 Å². The van der Waals surface area contributed by atoms with Gasteiger partial charge in [0.05, 0.1) is 15.6 Å². The Morgan fingerprint density at radius 3 is 2.55 bits per heavy atom. The Morgan fingerprint density at radius 2 is 1.83 bits per heavy atom. The molecule has 0 bridgehead atoms. The van der Waals surface area contributed by atoms with Crippen LogP contribution in [0, 0.1) is 10.1 Å². The largest absolute Gasteiger partial charge is 0.488 e. The summed E-state index contributed by atoms with van der Waals surface area (Å²) in [6, 6.07) is 19.3. The molecule has 0 aliphatic rings. The summed E-state index contributed by atoms with van der Waals surface area (Å²) in [4.78, 5) is 15.6. The maximum absolute atomic E-state index is 10.8. The lowest BCUT2D eigenvalue weighted by molar-refractivity contribution is -0.384. The minimum Gasteiger partial charge on any atom is -0.488 e. The minimum absolute atomic E-state index is 0.0215. The van der Waals surface area contributed by atoms with Gasteiger partial charge >= 0.3 is 0 Å². The first-order valence-electron chi connectivity index (χ1n) is 8.57. The van der Waals surface area contributed by atoms with Gasteiger partial charge in [-0.2, -0.15) is 0 Å². The highest BCUT2D eigenvalue weighted by molar-refractivity contribution is 9.10. The first-order valence-corrected chi connectivity index (χ1v) is 9.74. The zero-order chi connectivity index (χ0) is 20.6. The van der Waals surface area contributed by atoms with Gasteiger partial charge in [-0.15, -0.1) is 0 Å². The third-order valence-corrected chi connectivity index (χ3v) is 4.76. The van der Waals surface area contributed by atoms with Crippen molar-refractivity contribution >= 4 is 39.4 Å². The number of hydrogen-bond acceptors (Lipinski definition) is 5. The van der Waals surface area contributed by atoms with Crippen LogP contribution in [0.4, 0.5) is 5.69 Å². The first kappa shape index (κ1) is 20.8. The van der Waals surface area contributed by atoms with E-state index in [-0.39, 0.29) is 12.3 Å². The Morgan fingerprint density at radius 1 is 1.03 bits per heavy atom. The van der Waals surface area contributed by atoms with Crippen molar-refractivity contribution in [2.75, 3.05) is 0 Å². The molecule has 0 saturated heterocycles. The van der Waals surface area contributed by atoms with Gasteiger partial charge in [0.1, 0.15) is 19.0 Å². The summed E-state index contributed by atoms with van der Waals surface area (Å²) < 4.78 is 6.60. The van der Waals surface area contributed by atoms with Crippen LogP contribution >= 0.6 is 27.5 Å². The summed E-state index contributed by atoms with van der Waals surface area (Å²) in [6.45, 7) is 0.567. The second-order valence-corrected chi connectivity index (χ2v) is 7.33. The maximum atomic E-state index is 10.8. The van der Waals surface area contributed by atoms with Crippen LogP contribution in [0.15, 0.2) is 76.4 Å². The third-order valence-electron chi connectivity index (χ3n) is 3.89. The molecule has 0 N–H and O–H groups in total. The van der Waals surface area contributed by atoms with Crippen molar-refractivity contribution in [1.29, 1.82) is 0 Å². The van der Waals surface area contributed by atoms with Gasteiger partial charge in [0.15, 0.2) is 0 Å². The van der Waals surface area contributed by atoms with E-state index in [1.165, 1.54) is 12.1 Å². The summed E-state index contributed by atoms with van der Waals surface area (Å²) in [5.74, 6) is 0.703. The molecule has 29 heavy (non-hydrogen) atoms. The number of ether oxygens (including phenoxy) is 1. The minimum atomic E-state index is -0.444. The topological polar surface area (TPSA) is 74.0 Å². The van der Waals surface area contributed by atoms with Gasteiger partial charge in [0.2, 0.25) is 0 Å². The monoisotopic (exact) mass is 474 g/mol. The van der Waals surface area contributed by atoms with Crippen molar-refractivity contribution in [3.8, 4) is 5.75 Å². The second kappa shape index (κ2) is 10.0. The van der Waals surface area contributed by atoms with Gasteiger partial charge in [-0.05, 0) is 63.0 Å². The highest BCUT2D eigenvalue weighted by atomic mass is 79.9. The van der Waals surface area contributed by atoms with Gasteiger partial charge < -0.3 is 9.57 Å². The quantitative estimate of drug-likeness (QED) is 0.223. The Kier molecular flexibility index (Phi) is 7.21. The van der Waals surface area contributed by atoms with Crippen LogP contribution in [0.5, 0.6) is 5.75 Å². The normalized spacial score (nSPS) is 10.8. The molecule has 3 aromatic carbocycles. The SMILES string of the molecule is O=[N+]([O-])c1cccc(CO/N=C\c2ccc(OCc3ccc(Cl)cc3)c(Br)c2)c1. The fraction of sp³-hybridized carbons (Fsp3) is 0.0952. The van der Waals surface area contributed by atoms with Crippen molar-refractivity contribution in [2.24, 2.45) is 5.16 Å². The molecule has 6 nitrogen and oxygen atoms in total. The summed E-state index contributed by atoms with van der Waals surface area (Å²) in [6.07, 6.45) is 1.56. The first-order chi connectivity index (χ1) is 14.0. The van der Waals surface area contributed by atoms with Gasteiger partial charge in [-0.1, -0.05) is 41.0 Å². The molecule has 0 spiro atoms. The second-order valence-electron chi connectivity index (χ2n) is 6.04. The van der Waals surface area contributed by atoms with Gasteiger partial charge in [-0.25, -0.2) is 0 Å². The molecule has 0 aromatic heterocycles. The van der Waals surface area contributed by atoms with E-state index in [1.54, 1.807) is 18.3 Å². The molecule has 0 fully saturated rings.